The fourth-order valence-electron chi connectivity index (χ4n) is 0.644. The van der Waals surface area contributed by atoms with Gasteiger partial charge in [-0.25, -0.2) is 0 Å². The zero-order chi connectivity index (χ0) is 7.61. The first-order valence-electron chi connectivity index (χ1n) is 2.67. The lowest BCUT2D eigenvalue weighted by molar-refractivity contribution is -0.0329. The Balaban J connectivity index is 2.40. The van der Waals surface area contributed by atoms with Gasteiger partial charge in [-0.3, -0.25) is 0 Å². The molecule has 0 aromatic carbocycles. The fraction of sp³-hybridized carbons (Fsp3) is 0.333. The third kappa shape index (κ3) is 2.47. The highest BCUT2D eigenvalue weighted by atomic mass is 32.2. The number of thioether (sulfide) groups is 1. The molecule has 0 aliphatic heterocycles. The monoisotopic (exact) mass is 166 g/mol. The largest absolute Gasteiger partial charge is 0.442 e. The van der Waals surface area contributed by atoms with E-state index >= 15 is 0 Å². The van der Waals surface area contributed by atoms with Crippen LogP contribution in [0.3, 0.4) is 0 Å². The second kappa shape index (κ2) is 2.70. The quantitative estimate of drug-likeness (QED) is 0.577. The summed E-state index contributed by atoms with van der Waals surface area (Å²) in [6.45, 7) is 0. The Morgan fingerprint density at radius 2 is 1.60 bits per heavy atom. The molecule has 0 amide bonds. The minimum absolute atomic E-state index is 0.00926. The van der Waals surface area contributed by atoms with Crippen molar-refractivity contribution in [2.75, 3.05) is 0 Å². The SMILES string of the molecule is FC(F)(F)SC1C=CC=C1. The van der Waals surface area contributed by atoms with Gasteiger partial charge in [0.15, 0.2) is 0 Å². The minimum Gasteiger partial charge on any atom is -0.160 e. The van der Waals surface area contributed by atoms with E-state index in [1.165, 1.54) is 12.2 Å². The lowest BCUT2D eigenvalue weighted by Crippen LogP contribution is -2.05. The number of alkyl halides is 3. The van der Waals surface area contributed by atoms with Crippen LogP contribution < -0.4 is 0 Å². The molecule has 1 aliphatic rings. The molecule has 1 rings (SSSR count). The van der Waals surface area contributed by atoms with Crippen LogP contribution in [-0.4, -0.2) is 10.8 Å². The van der Waals surface area contributed by atoms with E-state index in [0.717, 1.165) is 0 Å². The predicted octanol–water partition coefficient (Wildman–Crippen LogP) is 2.73. The third-order valence-corrected chi connectivity index (χ3v) is 1.84. The van der Waals surface area contributed by atoms with Crippen molar-refractivity contribution >= 4 is 11.8 Å². The highest BCUT2D eigenvalue weighted by Gasteiger charge is 2.31. The molecule has 0 aromatic rings. The summed E-state index contributed by atoms with van der Waals surface area (Å²) in [6, 6.07) is 0. The molecule has 0 unspecified atom stereocenters. The van der Waals surface area contributed by atoms with E-state index in [-0.39, 0.29) is 11.8 Å². The zero-order valence-corrected chi connectivity index (χ0v) is 5.75. The summed E-state index contributed by atoms with van der Waals surface area (Å²) in [4.78, 5) is 0. The van der Waals surface area contributed by atoms with Crippen LogP contribution in [0.25, 0.3) is 0 Å². The summed E-state index contributed by atoms with van der Waals surface area (Å²) in [5.41, 5.74) is -4.12. The van der Waals surface area contributed by atoms with Gasteiger partial charge in [0, 0.05) is 5.25 Å². The van der Waals surface area contributed by atoms with Crippen LogP contribution in [0.5, 0.6) is 0 Å². The molecule has 0 saturated carbocycles. The topological polar surface area (TPSA) is 0 Å². The Morgan fingerprint density at radius 3 is 2.00 bits per heavy atom. The maximum absolute atomic E-state index is 11.6. The van der Waals surface area contributed by atoms with Crippen molar-refractivity contribution in [3.63, 3.8) is 0 Å². The van der Waals surface area contributed by atoms with Gasteiger partial charge in [-0.15, -0.1) is 0 Å². The average Bonchev–Trinajstić information content (AvgIpc) is 2.12. The van der Waals surface area contributed by atoms with Gasteiger partial charge in [-0.05, 0) is 11.8 Å². The third-order valence-electron chi connectivity index (χ3n) is 0.982. The lowest BCUT2D eigenvalue weighted by atomic mass is 10.5. The second-order valence-electron chi connectivity index (χ2n) is 1.80. The highest BCUT2D eigenvalue weighted by molar-refractivity contribution is 8.01. The van der Waals surface area contributed by atoms with Gasteiger partial charge in [0.2, 0.25) is 0 Å². The van der Waals surface area contributed by atoms with Crippen molar-refractivity contribution < 1.29 is 13.2 Å². The number of hydrogen-bond donors (Lipinski definition) is 0. The smallest absolute Gasteiger partial charge is 0.160 e. The molecular weight excluding hydrogens is 161 g/mol. The Morgan fingerprint density at radius 1 is 1.10 bits per heavy atom. The zero-order valence-electron chi connectivity index (χ0n) is 4.93. The molecule has 0 spiro atoms. The molecule has 4 heteroatoms. The molecule has 0 radical (unpaired) electrons. The van der Waals surface area contributed by atoms with Crippen molar-refractivity contribution in [2.24, 2.45) is 0 Å². The molecule has 0 saturated heterocycles. The van der Waals surface area contributed by atoms with Crippen LogP contribution in [0, 0.1) is 0 Å². The van der Waals surface area contributed by atoms with Crippen molar-refractivity contribution in [1.82, 2.24) is 0 Å². The normalized spacial score (nSPS) is 18.7. The number of halogens is 3. The first-order chi connectivity index (χ1) is 4.58. The van der Waals surface area contributed by atoms with Crippen molar-refractivity contribution in [2.45, 2.75) is 10.8 Å². The maximum Gasteiger partial charge on any atom is 0.442 e. The summed E-state index contributed by atoms with van der Waals surface area (Å²) in [7, 11) is 0. The summed E-state index contributed by atoms with van der Waals surface area (Å²) in [5, 5.41) is -0.514. The van der Waals surface area contributed by atoms with Gasteiger partial charge in [0.05, 0.1) is 0 Å². The van der Waals surface area contributed by atoms with Gasteiger partial charge >= 0.3 is 5.51 Å². The first-order valence-corrected chi connectivity index (χ1v) is 3.55. The van der Waals surface area contributed by atoms with Gasteiger partial charge in [0.1, 0.15) is 0 Å². The molecule has 56 valence electrons. The van der Waals surface area contributed by atoms with Crippen molar-refractivity contribution in [3.05, 3.63) is 24.3 Å². The van der Waals surface area contributed by atoms with Crippen LogP contribution in [0.2, 0.25) is 0 Å². The number of hydrogen-bond acceptors (Lipinski definition) is 1. The van der Waals surface area contributed by atoms with E-state index in [4.69, 9.17) is 0 Å². The van der Waals surface area contributed by atoms with E-state index in [2.05, 4.69) is 0 Å². The van der Waals surface area contributed by atoms with E-state index in [0.29, 0.717) is 0 Å². The van der Waals surface area contributed by atoms with Crippen LogP contribution in [0.1, 0.15) is 0 Å². The fourth-order valence-corrected chi connectivity index (χ4v) is 1.29. The summed E-state index contributed by atoms with van der Waals surface area (Å²) < 4.78 is 34.8. The number of allylic oxidation sites excluding steroid dienone is 2. The Kier molecular flexibility index (Phi) is 2.08. The van der Waals surface area contributed by atoms with E-state index in [1.54, 1.807) is 12.2 Å². The van der Waals surface area contributed by atoms with Crippen LogP contribution in [0.4, 0.5) is 13.2 Å². The second-order valence-corrected chi connectivity index (χ2v) is 3.04. The molecule has 0 bridgehead atoms. The molecule has 0 fully saturated rings. The van der Waals surface area contributed by atoms with Gasteiger partial charge in [0.25, 0.3) is 0 Å². The summed E-state index contributed by atoms with van der Waals surface area (Å²) >= 11 is -0.00926. The molecular formula is C6H5F3S. The predicted molar refractivity (Wildman–Crippen MR) is 35.7 cm³/mol. The van der Waals surface area contributed by atoms with Crippen LogP contribution in [-0.2, 0) is 0 Å². The van der Waals surface area contributed by atoms with Crippen molar-refractivity contribution in [1.29, 1.82) is 0 Å². The van der Waals surface area contributed by atoms with Crippen LogP contribution in [0.15, 0.2) is 24.3 Å². The molecule has 0 heterocycles. The van der Waals surface area contributed by atoms with Crippen LogP contribution >= 0.6 is 11.8 Å². The summed E-state index contributed by atoms with van der Waals surface area (Å²) in [6.07, 6.45) is 6.25. The van der Waals surface area contributed by atoms with Gasteiger partial charge < -0.3 is 0 Å². The summed E-state index contributed by atoms with van der Waals surface area (Å²) in [5.74, 6) is 0. The Hall–Kier alpha value is -0.380. The van der Waals surface area contributed by atoms with Gasteiger partial charge in [-0.1, -0.05) is 24.3 Å². The van der Waals surface area contributed by atoms with Gasteiger partial charge in [-0.2, -0.15) is 13.2 Å². The molecule has 0 atom stereocenters. The molecule has 0 aromatic heterocycles. The molecule has 0 nitrogen and oxygen atoms in total. The Bertz CT molecular complexity index is 156. The van der Waals surface area contributed by atoms with Crippen molar-refractivity contribution in [3.8, 4) is 0 Å². The molecule has 10 heavy (non-hydrogen) atoms. The van der Waals surface area contributed by atoms with E-state index < -0.39 is 10.8 Å². The standard InChI is InChI=1S/C6H5F3S/c7-6(8,9)10-5-3-1-2-4-5/h1-5H. The average molecular weight is 166 g/mol. The highest BCUT2D eigenvalue weighted by Crippen LogP contribution is 2.35. The van der Waals surface area contributed by atoms with E-state index in [1.807, 2.05) is 0 Å². The number of rotatable bonds is 1. The molecule has 0 N–H and O–H groups in total. The minimum atomic E-state index is -4.12. The lowest BCUT2D eigenvalue weighted by Gasteiger charge is -2.07. The first kappa shape index (κ1) is 7.72. The molecule has 1 aliphatic carbocycles. The Labute approximate surface area is 60.8 Å². The van der Waals surface area contributed by atoms with E-state index in [9.17, 15) is 13.2 Å². The maximum atomic E-state index is 11.6.